The zero-order chi connectivity index (χ0) is 15.9. The number of hydrogen-bond donors (Lipinski definition) is 1. The van der Waals surface area contributed by atoms with Crippen molar-refractivity contribution >= 4 is 37.5 Å². The molecule has 0 aliphatic rings. The molecule has 2 heterocycles. The average molecular weight is 315 g/mol. The van der Waals surface area contributed by atoms with Crippen molar-refractivity contribution in [2.45, 2.75) is 33.4 Å². The second-order valence-corrected chi connectivity index (χ2v) is 6.60. The minimum Gasteiger partial charge on any atom is -0.352 e. The van der Waals surface area contributed by atoms with Gasteiger partial charge in [-0.1, -0.05) is 18.2 Å². The van der Waals surface area contributed by atoms with Gasteiger partial charge >= 0.3 is 0 Å². The molecule has 3 rings (SSSR count). The Bertz CT molecular complexity index is 924. The third-order valence-electron chi connectivity index (χ3n) is 3.42. The molecule has 5 nitrogen and oxygen atoms in total. The van der Waals surface area contributed by atoms with Crippen LogP contribution in [0.4, 0.5) is 0 Å². The second-order valence-electron chi connectivity index (χ2n) is 5.55. The lowest BCUT2D eigenvalue weighted by Gasteiger charge is -2.11. The summed E-state index contributed by atoms with van der Waals surface area (Å²) in [6.45, 7) is 5.54. The van der Waals surface area contributed by atoms with Crippen molar-refractivity contribution in [2.24, 2.45) is 0 Å². The minimum atomic E-state index is -0.178. The normalized spacial score (nSPS) is 11.5. The van der Waals surface area contributed by atoms with Gasteiger partial charge in [-0.15, -0.1) is 11.3 Å². The Hall–Kier alpha value is -2.21. The van der Waals surface area contributed by atoms with E-state index in [1.165, 1.54) is 15.9 Å². The molecule has 114 valence electrons. The predicted octanol–water partition coefficient (Wildman–Crippen LogP) is 2.44. The Morgan fingerprint density at radius 2 is 2.09 bits per heavy atom. The monoisotopic (exact) mass is 315 g/mol. The van der Waals surface area contributed by atoms with Crippen molar-refractivity contribution in [3.8, 4) is 0 Å². The molecule has 1 N–H and O–H groups in total. The minimum absolute atomic E-state index is 0.0000317. The standard InChI is InChI=1S/C16H17N3O2S/c1-9(2)17-13(20)8-19-10(3)18-14-11-6-4-5-7-12(11)22-15(14)16(19)21/h4-7,9H,8H2,1-3H3,(H,17,20). The molecular weight excluding hydrogens is 298 g/mol. The third kappa shape index (κ3) is 2.50. The predicted molar refractivity (Wildman–Crippen MR) is 89.4 cm³/mol. The van der Waals surface area contributed by atoms with Gasteiger partial charge in [0.2, 0.25) is 5.91 Å². The van der Waals surface area contributed by atoms with Crippen LogP contribution in [0.3, 0.4) is 0 Å². The zero-order valence-electron chi connectivity index (χ0n) is 12.7. The van der Waals surface area contributed by atoms with E-state index in [9.17, 15) is 9.59 Å². The molecule has 0 unspecified atom stereocenters. The number of carbonyl (C=O) groups excluding carboxylic acids is 1. The molecule has 3 aromatic rings. The van der Waals surface area contributed by atoms with Crippen LogP contribution in [-0.2, 0) is 11.3 Å². The molecule has 6 heteroatoms. The van der Waals surface area contributed by atoms with Gasteiger partial charge in [0.15, 0.2) is 0 Å². The lowest BCUT2D eigenvalue weighted by molar-refractivity contribution is -0.122. The van der Waals surface area contributed by atoms with Gasteiger partial charge in [-0.2, -0.15) is 0 Å². The summed E-state index contributed by atoms with van der Waals surface area (Å²) in [6, 6.07) is 7.87. The lowest BCUT2D eigenvalue weighted by atomic mass is 10.2. The van der Waals surface area contributed by atoms with Gasteiger partial charge in [0.05, 0.1) is 5.52 Å². The van der Waals surface area contributed by atoms with E-state index in [2.05, 4.69) is 10.3 Å². The van der Waals surface area contributed by atoms with Gasteiger partial charge in [0, 0.05) is 16.1 Å². The fourth-order valence-electron chi connectivity index (χ4n) is 2.48. The number of thiophene rings is 1. The average Bonchev–Trinajstić information content (AvgIpc) is 2.82. The summed E-state index contributed by atoms with van der Waals surface area (Å²) in [4.78, 5) is 29.2. The van der Waals surface area contributed by atoms with Gasteiger partial charge < -0.3 is 5.32 Å². The largest absolute Gasteiger partial charge is 0.352 e. The summed E-state index contributed by atoms with van der Waals surface area (Å²) in [5, 5.41) is 3.78. The highest BCUT2D eigenvalue weighted by Gasteiger charge is 2.15. The lowest BCUT2D eigenvalue weighted by Crippen LogP contribution is -2.37. The van der Waals surface area contributed by atoms with Gasteiger partial charge in [-0.3, -0.25) is 14.2 Å². The number of rotatable bonds is 3. The van der Waals surface area contributed by atoms with Crippen LogP contribution in [0.5, 0.6) is 0 Å². The number of hydrogen-bond acceptors (Lipinski definition) is 4. The van der Waals surface area contributed by atoms with Crippen LogP contribution in [0.25, 0.3) is 20.3 Å². The first-order valence-corrected chi connectivity index (χ1v) is 7.97. The van der Waals surface area contributed by atoms with E-state index in [1.54, 1.807) is 6.92 Å². The maximum absolute atomic E-state index is 12.7. The molecule has 0 aliphatic carbocycles. The molecule has 2 aromatic heterocycles. The van der Waals surface area contributed by atoms with Crippen LogP contribution >= 0.6 is 11.3 Å². The quantitative estimate of drug-likeness (QED) is 0.807. The molecule has 0 spiro atoms. The molecule has 0 atom stereocenters. The Morgan fingerprint density at radius 3 is 2.82 bits per heavy atom. The van der Waals surface area contributed by atoms with E-state index in [0.717, 1.165) is 15.6 Å². The zero-order valence-corrected chi connectivity index (χ0v) is 13.5. The molecule has 0 radical (unpaired) electrons. The first-order chi connectivity index (χ1) is 10.5. The van der Waals surface area contributed by atoms with E-state index < -0.39 is 0 Å². The molecular formula is C16H17N3O2S. The number of nitrogens with one attached hydrogen (secondary N) is 1. The molecule has 0 aliphatic heterocycles. The molecule has 0 saturated carbocycles. The summed E-state index contributed by atoms with van der Waals surface area (Å²) in [7, 11) is 0. The van der Waals surface area contributed by atoms with Gasteiger partial charge in [-0.05, 0) is 26.8 Å². The number of aromatic nitrogens is 2. The number of fused-ring (bicyclic) bond motifs is 3. The number of carbonyl (C=O) groups is 1. The van der Waals surface area contributed by atoms with Crippen LogP contribution in [0, 0.1) is 6.92 Å². The maximum atomic E-state index is 12.7. The molecule has 0 fully saturated rings. The van der Waals surface area contributed by atoms with Crippen LogP contribution in [-0.4, -0.2) is 21.5 Å². The van der Waals surface area contributed by atoms with E-state index >= 15 is 0 Å². The highest BCUT2D eigenvalue weighted by Crippen LogP contribution is 2.30. The second kappa shape index (κ2) is 5.53. The van der Waals surface area contributed by atoms with Crippen molar-refractivity contribution in [3.63, 3.8) is 0 Å². The Kier molecular flexibility index (Phi) is 3.70. The first-order valence-electron chi connectivity index (χ1n) is 7.15. The summed E-state index contributed by atoms with van der Waals surface area (Å²) in [6.07, 6.45) is 0. The van der Waals surface area contributed by atoms with Gasteiger partial charge in [0.25, 0.3) is 5.56 Å². The third-order valence-corrected chi connectivity index (χ3v) is 4.57. The van der Waals surface area contributed by atoms with E-state index in [1.807, 2.05) is 38.1 Å². The SMILES string of the molecule is Cc1nc2c(sc3ccccc32)c(=O)n1CC(=O)NC(C)C. The topological polar surface area (TPSA) is 64.0 Å². The Labute approximate surface area is 131 Å². The van der Waals surface area contributed by atoms with Crippen LogP contribution < -0.4 is 10.9 Å². The maximum Gasteiger partial charge on any atom is 0.272 e. The van der Waals surface area contributed by atoms with Crippen LogP contribution in [0.15, 0.2) is 29.1 Å². The van der Waals surface area contributed by atoms with Gasteiger partial charge in [-0.25, -0.2) is 4.98 Å². The van der Waals surface area contributed by atoms with Crippen molar-refractivity contribution in [3.05, 3.63) is 40.4 Å². The molecule has 0 bridgehead atoms. The number of aryl methyl sites for hydroxylation is 1. The van der Waals surface area contributed by atoms with Crippen LogP contribution in [0.2, 0.25) is 0 Å². The molecule has 0 saturated heterocycles. The van der Waals surface area contributed by atoms with E-state index in [0.29, 0.717) is 10.5 Å². The Balaban J connectivity index is 2.14. The Morgan fingerprint density at radius 1 is 1.36 bits per heavy atom. The van der Waals surface area contributed by atoms with E-state index in [4.69, 9.17) is 0 Å². The molecule has 22 heavy (non-hydrogen) atoms. The fourth-order valence-corrected chi connectivity index (χ4v) is 3.57. The summed E-state index contributed by atoms with van der Waals surface area (Å²) in [5.74, 6) is 0.377. The van der Waals surface area contributed by atoms with E-state index in [-0.39, 0.29) is 24.1 Å². The number of benzene rings is 1. The number of amides is 1. The van der Waals surface area contributed by atoms with Crippen molar-refractivity contribution in [1.82, 2.24) is 14.9 Å². The summed E-state index contributed by atoms with van der Waals surface area (Å²) < 4.78 is 3.07. The molecule has 1 amide bonds. The smallest absolute Gasteiger partial charge is 0.272 e. The summed E-state index contributed by atoms with van der Waals surface area (Å²) in [5.41, 5.74) is 0.575. The van der Waals surface area contributed by atoms with Crippen molar-refractivity contribution < 1.29 is 4.79 Å². The van der Waals surface area contributed by atoms with Crippen molar-refractivity contribution in [1.29, 1.82) is 0 Å². The molecule has 1 aromatic carbocycles. The first kappa shape index (κ1) is 14.7. The summed E-state index contributed by atoms with van der Waals surface area (Å²) >= 11 is 1.42. The van der Waals surface area contributed by atoms with Crippen LogP contribution in [0.1, 0.15) is 19.7 Å². The highest BCUT2D eigenvalue weighted by molar-refractivity contribution is 7.25. The number of nitrogens with zero attached hydrogens (tertiary/aromatic N) is 2. The fraction of sp³-hybridized carbons (Fsp3) is 0.312. The van der Waals surface area contributed by atoms with Crippen molar-refractivity contribution in [2.75, 3.05) is 0 Å². The highest BCUT2D eigenvalue weighted by atomic mass is 32.1. The van der Waals surface area contributed by atoms with Gasteiger partial charge in [0.1, 0.15) is 17.1 Å².